The van der Waals surface area contributed by atoms with Crippen LogP contribution in [0.15, 0.2) is 0 Å². The molecule has 0 aromatic rings. The predicted octanol–water partition coefficient (Wildman–Crippen LogP) is 4.10. The number of rotatable bonds is 6. The monoisotopic (exact) mass is 281 g/mol. The largest absolute Gasteiger partial charge is 0.381 e. The summed E-state index contributed by atoms with van der Waals surface area (Å²) in [6.07, 6.45) is 8.42. The Hall–Kier alpha value is -0.0800. The molecule has 0 aromatic carbocycles. The molecule has 2 heteroatoms. The van der Waals surface area contributed by atoms with Gasteiger partial charge in [-0.3, -0.25) is 0 Å². The van der Waals surface area contributed by atoms with Gasteiger partial charge in [-0.05, 0) is 74.8 Å². The third-order valence-electron chi connectivity index (χ3n) is 5.34. The molecule has 2 fully saturated rings. The van der Waals surface area contributed by atoms with E-state index in [1.807, 2.05) is 0 Å². The molecule has 20 heavy (non-hydrogen) atoms. The highest BCUT2D eigenvalue weighted by molar-refractivity contribution is 4.82. The van der Waals surface area contributed by atoms with Gasteiger partial charge >= 0.3 is 0 Å². The number of ether oxygens (including phenoxy) is 1. The second-order valence-electron chi connectivity index (χ2n) is 7.78. The minimum absolute atomic E-state index is 0.770. The smallest absolute Gasteiger partial charge is 0.0468 e. The minimum atomic E-state index is 0.770. The molecule has 0 amide bonds. The topological polar surface area (TPSA) is 21.3 Å². The van der Waals surface area contributed by atoms with Crippen molar-refractivity contribution in [1.29, 1.82) is 0 Å². The summed E-state index contributed by atoms with van der Waals surface area (Å²) in [6.45, 7) is 11.5. The van der Waals surface area contributed by atoms with Gasteiger partial charge in [0.25, 0.3) is 0 Å². The molecule has 0 bridgehead atoms. The van der Waals surface area contributed by atoms with Crippen molar-refractivity contribution in [2.45, 2.75) is 59.3 Å². The zero-order valence-electron chi connectivity index (χ0n) is 13.9. The molecule has 1 heterocycles. The van der Waals surface area contributed by atoms with Crippen LogP contribution in [-0.2, 0) is 4.74 Å². The Bertz CT molecular complexity index is 260. The predicted molar refractivity (Wildman–Crippen MR) is 85.9 cm³/mol. The first kappa shape index (κ1) is 16.3. The van der Waals surface area contributed by atoms with Gasteiger partial charge in [-0.15, -0.1) is 0 Å². The molecule has 1 saturated carbocycles. The quantitative estimate of drug-likeness (QED) is 0.791. The van der Waals surface area contributed by atoms with Gasteiger partial charge in [-0.1, -0.05) is 27.2 Å². The van der Waals surface area contributed by atoms with Crippen LogP contribution in [0.1, 0.15) is 59.3 Å². The fourth-order valence-electron chi connectivity index (χ4n) is 4.09. The van der Waals surface area contributed by atoms with Crippen LogP contribution in [0.2, 0.25) is 0 Å². The summed E-state index contributed by atoms with van der Waals surface area (Å²) in [5.74, 6) is 4.54. The first-order chi connectivity index (χ1) is 9.65. The van der Waals surface area contributed by atoms with Crippen LogP contribution < -0.4 is 5.32 Å². The molecular weight excluding hydrogens is 246 g/mol. The lowest BCUT2D eigenvalue weighted by atomic mass is 9.70. The minimum Gasteiger partial charge on any atom is -0.381 e. The molecule has 3 atom stereocenters. The van der Waals surface area contributed by atoms with E-state index >= 15 is 0 Å². The van der Waals surface area contributed by atoms with E-state index < -0.39 is 0 Å². The highest BCUT2D eigenvalue weighted by Gasteiger charge is 2.30. The molecule has 1 N–H and O–H groups in total. The molecule has 0 aromatic heterocycles. The Morgan fingerprint density at radius 3 is 2.50 bits per heavy atom. The molecule has 3 unspecified atom stereocenters. The van der Waals surface area contributed by atoms with Crippen molar-refractivity contribution in [2.75, 3.05) is 26.3 Å². The lowest BCUT2D eigenvalue weighted by Crippen LogP contribution is -2.35. The van der Waals surface area contributed by atoms with E-state index in [1.54, 1.807) is 0 Å². The van der Waals surface area contributed by atoms with Crippen LogP contribution in [0.5, 0.6) is 0 Å². The first-order valence-corrected chi connectivity index (χ1v) is 8.93. The highest BCUT2D eigenvalue weighted by Crippen LogP contribution is 2.38. The van der Waals surface area contributed by atoms with E-state index in [0.717, 1.165) is 42.8 Å². The molecule has 0 spiro atoms. The van der Waals surface area contributed by atoms with Crippen LogP contribution in [0.3, 0.4) is 0 Å². The maximum Gasteiger partial charge on any atom is 0.0468 e. The zero-order chi connectivity index (χ0) is 14.4. The van der Waals surface area contributed by atoms with Crippen LogP contribution in [-0.4, -0.2) is 26.3 Å². The third kappa shape index (κ3) is 5.37. The van der Waals surface area contributed by atoms with Gasteiger partial charge in [0.2, 0.25) is 0 Å². The van der Waals surface area contributed by atoms with E-state index in [9.17, 15) is 0 Å². The van der Waals surface area contributed by atoms with Crippen molar-refractivity contribution in [2.24, 2.45) is 29.6 Å². The average Bonchev–Trinajstić information content (AvgIpc) is 2.42. The standard InChI is InChI=1S/C18H35NO/c1-14(2)12-19-13-17-5-4-15(3)10-18(17)11-16-6-8-20-9-7-16/h14-19H,4-13H2,1-3H3. The molecule has 2 aliphatic rings. The molecule has 1 saturated heterocycles. The summed E-state index contributed by atoms with van der Waals surface area (Å²) in [5, 5.41) is 3.71. The Morgan fingerprint density at radius 2 is 1.80 bits per heavy atom. The zero-order valence-corrected chi connectivity index (χ0v) is 13.9. The molecule has 1 aliphatic carbocycles. The molecule has 118 valence electrons. The van der Waals surface area contributed by atoms with Crippen LogP contribution >= 0.6 is 0 Å². The van der Waals surface area contributed by atoms with Crippen LogP contribution in [0, 0.1) is 29.6 Å². The van der Waals surface area contributed by atoms with Crippen molar-refractivity contribution in [3.05, 3.63) is 0 Å². The summed E-state index contributed by atoms with van der Waals surface area (Å²) >= 11 is 0. The Kier molecular flexibility index (Phi) is 6.83. The Labute approximate surface area is 126 Å². The van der Waals surface area contributed by atoms with Crippen molar-refractivity contribution < 1.29 is 4.74 Å². The van der Waals surface area contributed by atoms with E-state index in [4.69, 9.17) is 4.74 Å². The Morgan fingerprint density at radius 1 is 1.05 bits per heavy atom. The van der Waals surface area contributed by atoms with Crippen molar-refractivity contribution >= 4 is 0 Å². The molecule has 2 rings (SSSR count). The van der Waals surface area contributed by atoms with Crippen molar-refractivity contribution in [3.63, 3.8) is 0 Å². The summed E-state index contributed by atoms with van der Waals surface area (Å²) < 4.78 is 5.52. The average molecular weight is 281 g/mol. The van der Waals surface area contributed by atoms with E-state index in [-0.39, 0.29) is 0 Å². The fourth-order valence-corrected chi connectivity index (χ4v) is 4.09. The highest BCUT2D eigenvalue weighted by atomic mass is 16.5. The summed E-state index contributed by atoms with van der Waals surface area (Å²) in [5.41, 5.74) is 0. The number of nitrogens with one attached hydrogen (secondary N) is 1. The second kappa shape index (κ2) is 8.38. The van der Waals surface area contributed by atoms with Gasteiger partial charge in [-0.2, -0.15) is 0 Å². The molecule has 0 radical (unpaired) electrons. The fraction of sp³-hybridized carbons (Fsp3) is 1.00. The van der Waals surface area contributed by atoms with Crippen LogP contribution in [0.4, 0.5) is 0 Å². The van der Waals surface area contributed by atoms with Crippen molar-refractivity contribution in [1.82, 2.24) is 5.32 Å². The van der Waals surface area contributed by atoms with E-state index in [1.165, 1.54) is 51.6 Å². The lowest BCUT2D eigenvalue weighted by Gasteiger charge is -2.38. The van der Waals surface area contributed by atoms with Crippen LogP contribution in [0.25, 0.3) is 0 Å². The summed E-state index contributed by atoms with van der Waals surface area (Å²) in [4.78, 5) is 0. The number of hydrogen-bond acceptors (Lipinski definition) is 2. The normalized spacial score (nSPS) is 32.7. The molecule has 1 aliphatic heterocycles. The first-order valence-electron chi connectivity index (χ1n) is 8.93. The van der Waals surface area contributed by atoms with Gasteiger partial charge in [0, 0.05) is 13.2 Å². The van der Waals surface area contributed by atoms with Gasteiger partial charge in [0.15, 0.2) is 0 Å². The van der Waals surface area contributed by atoms with E-state index in [0.29, 0.717) is 0 Å². The Balaban J connectivity index is 1.80. The van der Waals surface area contributed by atoms with Gasteiger partial charge in [0.1, 0.15) is 0 Å². The molecular formula is C18H35NO. The van der Waals surface area contributed by atoms with Gasteiger partial charge < -0.3 is 10.1 Å². The maximum atomic E-state index is 5.52. The van der Waals surface area contributed by atoms with E-state index in [2.05, 4.69) is 26.1 Å². The lowest BCUT2D eigenvalue weighted by molar-refractivity contribution is 0.0471. The summed E-state index contributed by atoms with van der Waals surface area (Å²) in [6, 6.07) is 0. The maximum absolute atomic E-state index is 5.52. The van der Waals surface area contributed by atoms with Gasteiger partial charge in [0.05, 0.1) is 0 Å². The molecule has 2 nitrogen and oxygen atoms in total. The van der Waals surface area contributed by atoms with Gasteiger partial charge in [-0.25, -0.2) is 0 Å². The second-order valence-corrected chi connectivity index (χ2v) is 7.78. The number of hydrogen-bond donors (Lipinski definition) is 1. The van der Waals surface area contributed by atoms with Crippen molar-refractivity contribution in [3.8, 4) is 0 Å². The summed E-state index contributed by atoms with van der Waals surface area (Å²) in [7, 11) is 0. The third-order valence-corrected chi connectivity index (χ3v) is 5.34. The SMILES string of the molecule is CC(C)CNCC1CCC(C)CC1CC1CCOCC1.